The number of halogens is 1. The number of aromatic nitrogens is 3. The van der Waals surface area contributed by atoms with Crippen LogP contribution in [0.5, 0.6) is 0 Å². The largest absolute Gasteiger partial charge is 0.181 e. The van der Waals surface area contributed by atoms with Crippen LogP contribution in [0.25, 0.3) is 11.0 Å². The van der Waals surface area contributed by atoms with Crippen molar-refractivity contribution in [2.75, 3.05) is 0 Å². The highest BCUT2D eigenvalue weighted by atomic mass is 35.5. The van der Waals surface area contributed by atoms with Crippen LogP contribution in [-0.2, 0) is 0 Å². The van der Waals surface area contributed by atoms with E-state index in [1.165, 1.54) is 0 Å². The van der Waals surface area contributed by atoms with E-state index in [4.69, 9.17) is 11.6 Å². The van der Waals surface area contributed by atoms with Gasteiger partial charge in [0.05, 0.1) is 6.04 Å². The van der Waals surface area contributed by atoms with Crippen LogP contribution in [0, 0.1) is 0 Å². The molecule has 0 atom stereocenters. The van der Waals surface area contributed by atoms with Gasteiger partial charge in [-0.3, -0.25) is 0 Å². The van der Waals surface area contributed by atoms with Crippen LogP contribution < -0.4 is 0 Å². The van der Waals surface area contributed by atoms with E-state index >= 15 is 0 Å². The van der Waals surface area contributed by atoms with Gasteiger partial charge in [-0.2, -0.15) is 15.0 Å². The van der Waals surface area contributed by atoms with Gasteiger partial charge in [-0.15, -0.1) is 0 Å². The highest BCUT2D eigenvalue weighted by molar-refractivity contribution is 6.31. The first-order chi connectivity index (χ1) is 6.16. The quantitative estimate of drug-likeness (QED) is 0.701. The van der Waals surface area contributed by atoms with Gasteiger partial charge in [0.1, 0.15) is 11.0 Å². The summed E-state index contributed by atoms with van der Waals surface area (Å²) in [6.07, 6.45) is 0. The molecule has 0 N–H and O–H groups in total. The lowest BCUT2D eigenvalue weighted by Gasteiger charge is -1.99. The maximum atomic E-state index is 5.83. The summed E-state index contributed by atoms with van der Waals surface area (Å²) in [6, 6.07) is 5.81. The third-order valence-corrected chi connectivity index (χ3v) is 2.05. The van der Waals surface area contributed by atoms with E-state index in [1.54, 1.807) is 4.80 Å². The molecule has 0 saturated heterocycles. The van der Waals surface area contributed by atoms with E-state index in [0.717, 1.165) is 11.0 Å². The number of hydrogen-bond donors (Lipinski definition) is 0. The standard InChI is InChI=1S/C9H10ClN3/c1-6(2)13-11-8-4-3-7(10)5-9(8)12-13/h3-6H,1-2H3. The first kappa shape index (κ1) is 8.51. The summed E-state index contributed by atoms with van der Waals surface area (Å²) in [4.78, 5) is 1.70. The monoisotopic (exact) mass is 195 g/mol. The van der Waals surface area contributed by atoms with Crippen LogP contribution in [0.2, 0.25) is 5.02 Å². The molecule has 0 unspecified atom stereocenters. The smallest absolute Gasteiger partial charge is 0.114 e. The van der Waals surface area contributed by atoms with E-state index in [2.05, 4.69) is 10.2 Å². The number of hydrogen-bond acceptors (Lipinski definition) is 2. The summed E-state index contributed by atoms with van der Waals surface area (Å²) in [7, 11) is 0. The molecule has 0 bridgehead atoms. The summed E-state index contributed by atoms with van der Waals surface area (Å²) in [5, 5.41) is 9.29. The van der Waals surface area contributed by atoms with Gasteiger partial charge in [-0.25, -0.2) is 0 Å². The van der Waals surface area contributed by atoms with Gasteiger partial charge in [0.15, 0.2) is 0 Å². The average Bonchev–Trinajstić information content (AvgIpc) is 2.46. The lowest BCUT2D eigenvalue weighted by Crippen LogP contribution is -2.03. The molecular weight excluding hydrogens is 186 g/mol. The second kappa shape index (κ2) is 3.00. The van der Waals surface area contributed by atoms with Crippen LogP contribution in [0.1, 0.15) is 19.9 Å². The van der Waals surface area contributed by atoms with Crippen LogP contribution in [0.15, 0.2) is 18.2 Å². The second-order valence-electron chi connectivity index (χ2n) is 3.25. The van der Waals surface area contributed by atoms with Crippen molar-refractivity contribution in [1.82, 2.24) is 15.0 Å². The van der Waals surface area contributed by atoms with Crippen molar-refractivity contribution in [2.24, 2.45) is 0 Å². The molecule has 0 fully saturated rings. The molecular formula is C9H10ClN3. The van der Waals surface area contributed by atoms with Gasteiger partial charge < -0.3 is 0 Å². The summed E-state index contributed by atoms with van der Waals surface area (Å²) in [5.74, 6) is 0. The predicted molar refractivity (Wildman–Crippen MR) is 52.9 cm³/mol. The molecule has 0 radical (unpaired) electrons. The van der Waals surface area contributed by atoms with Crippen molar-refractivity contribution < 1.29 is 0 Å². The molecule has 0 amide bonds. The zero-order valence-corrected chi connectivity index (χ0v) is 8.28. The summed E-state index contributed by atoms with van der Waals surface area (Å²) in [6.45, 7) is 4.08. The molecule has 0 saturated carbocycles. The zero-order chi connectivity index (χ0) is 9.42. The van der Waals surface area contributed by atoms with Crippen molar-refractivity contribution in [2.45, 2.75) is 19.9 Å². The Morgan fingerprint density at radius 3 is 2.62 bits per heavy atom. The van der Waals surface area contributed by atoms with E-state index in [0.29, 0.717) is 5.02 Å². The normalized spacial score (nSPS) is 11.4. The van der Waals surface area contributed by atoms with E-state index in [-0.39, 0.29) is 6.04 Å². The number of nitrogens with zero attached hydrogens (tertiary/aromatic N) is 3. The first-order valence-electron chi connectivity index (χ1n) is 4.19. The molecule has 2 aromatic rings. The van der Waals surface area contributed by atoms with Gasteiger partial charge in [0, 0.05) is 5.02 Å². The van der Waals surface area contributed by atoms with Crippen molar-refractivity contribution >= 4 is 22.6 Å². The SMILES string of the molecule is CC(C)n1nc2ccc(Cl)cc2n1. The van der Waals surface area contributed by atoms with Gasteiger partial charge in [-0.1, -0.05) is 11.6 Å². The van der Waals surface area contributed by atoms with Gasteiger partial charge in [0.2, 0.25) is 0 Å². The molecule has 2 rings (SSSR count). The highest BCUT2D eigenvalue weighted by Crippen LogP contribution is 2.16. The van der Waals surface area contributed by atoms with Gasteiger partial charge in [0.25, 0.3) is 0 Å². The molecule has 1 aromatic heterocycles. The van der Waals surface area contributed by atoms with Crippen LogP contribution >= 0.6 is 11.6 Å². The molecule has 0 aliphatic rings. The molecule has 0 aliphatic carbocycles. The maximum Gasteiger partial charge on any atom is 0.114 e. The Bertz CT molecular complexity index is 433. The second-order valence-corrected chi connectivity index (χ2v) is 3.68. The number of rotatable bonds is 1. The van der Waals surface area contributed by atoms with Gasteiger partial charge >= 0.3 is 0 Å². The van der Waals surface area contributed by atoms with Crippen molar-refractivity contribution in [3.8, 4) is 0 Å². The summed E-state index contributed by atoms with van der Waals surface area (Å²) in [5.41, 5.74) is 1.74. The molecule has 1 aromatic carbocycles. The molecule has 0 spiro atoms. The molecule has 4 heteroatoms. The van der Waals surface area contributed by atoms with Crippen LogP contribution in [0.4, 0.5) is 0 Å². The summed E-state index contributed by atoms with van der Waals surface area (Å²) < 4.78 is 0. The minimum atomic E-state index is 0.283. The lowest BCUT2D eigenvalue weighted by molar-refractivity contribution is 0.472. The Balaban J connectivity index is 2.62. The fourth-order valence-electron chi connectivity index (χ4n) is 1.14. The molecule has 68 valence electrons. The van der Waals surface area contributed by atoms with Crippen LogP contribution in [-0.4, -0.2) is 15.0 Å². The molecule has 13 heavy (non-hydrogen) atoms. The minimum absolute atomic E-state index is 0.283. The number of fused-ring (bicyclic) bond motifs is 1. The number of benzene rings is 1. The molecule has 0 aliphatic heterocycles. The predicted octanol–water partition coefficient (Wildman–Crippen LogP) is 2.67. The van der Waals surface area contributed by atoms with E-state index in [1.807, 2.05) is 32.0 Å². The Morgan fingerprint density at radius 1 is 1.23 bits per heavy atom. The summed E-state index contributed by atoms with van der Waals surface area (Å²) >= 11 is 5.83. The van der Waals surface area contributed by atoms with Crippen LogP contribution in [0.3, 0.4) is 0 Å². The van der Waals surface area contributed by atoms with Gasteiger partial charge in [-0.05, 0) is 32.0 Å². The Kier molecular flexibility index (Phi) is 1.96. The first-order valence-corrected chi connectivity index (χ1v) is 4.57. The van der Waals surface area contributed by atoms with E-state index in [9.17, 15) is 0 Å². The fourth-order valence-corrected chi connectivity index (χ4v) is 1.30. The minimum Gasteiger partial charge on any atom is -0.181 e. The zero-order valence-electron chi connectivity index (χ0n) is 7.53. The van der Waals surface area contributed by atoms with E-state index < -0.39 is 0 Å². The molecule has 1 heterocycles. The third kappa shape index (κ3) is 1.52. The van der Waals surface area contributed by atoms with Crippen molar-refractivity contribution in [3.05, 3.63) is 23.2 Å². The van der Waals surface area contributed by atoms with Crippen molar-refractivity contribution in [1.29, 1.82) is 0 Å². The van der Waals surface area contributed by atoms with Crippen molar-refractivity contribution in [3.63, 3.8) is 0 Å². The topological polar surface area (TPSA) is 30.7 Å². The highest BCUT2D eigenvalue weighted by Gasteiger charge is 2.04. The Hall–Kier alpha value is -1.09. The fraction of sp³-hybridized carbons (Fsp3) is 0.333. The Labute approximate surface area is 81.3 Å². The Morgan fingerprint density at radius 2 is 1.92 bits per heavy atom. The maximum absolute atomic E-state index is 5.83. The lowest BCUT2D eigenvalue weighted by atomic mass is 10.3. The third-order valence-electron chi connectivity index (χ3n) is 1.82. The average molecular weight is 196 g/mol. The molecule has 3 nitrogen and oxygen atoms in total.